The minimum Gasteiger partial charge on any atom is -0.481 e. The van der Waals surface area contributed by atoms with E-state index in [0.717, 1.165) is 5.56 Å². The van der Waals surface area contributed by atoms with Crippen LogP contribution in [0.5, 0.6) is 5.88 Å². The molecule has 1 unspecified atom stereocenters. The van der Waals surface area contributed by atoms with Crippen LogP contribution in [0.15, 0.2) is 42.6 Å². The monoisotopic (exact) mass is 275 g/mol. The van der Waals surface area contributed by atoms with Gasteiger partial charge in [0.15, 0.2) is 0 Å². The van der Waals surface area contributed by atoms with Crippen LogP contribution in [0, 0.1) is 5.82 Å². The van der Waals surface area contributed by atoms with Crippen LogP contribution in [-0.4, -0.2) is 18.1 Å². The van der Waals surface area contributed by atoms with Gasteiger partial charge in [0.25, 0.3) is 0 Å². The van der Waals surface area contributed by atoms with E-state index in [0.29, 0.717) is 24.3 Å². The smallest absolute Gasteiger partial charge is 0.212 e. The molecule has 0 radical (unpaired) electrons. The highest BCUT2D eigenvalue weighted by molar-refractivity contribution is 5.21. The third kappa shape index (κ3) is 3.76. The molecule has 0 aliphatic heterocycles. The van der Waals surface area contributed by atoms with Gasteiger partial charge >= 0.3 is 0 Å². The van der Waals surface area contributed by atoms with E-state index in [1.54, 1.807) is 31.5 Å². The summed E-state index contributed by atoms with van der Waals surface area (Å²) in [5.74, 6) is 5.92. The third-order valence-electron chi connectivity index (χ3n) is 3.15. The van der Waals surface area contributed by atoms with E-state index in [-0.39, 0.29) is 11.9 Å². The van der Waals surface area contributed by atoms with Crippen LogP contribution >= 0.6 is 0 Å². The summed E-state index contributed by atoms with van der Waals surface area (Å²) in [5.41, 5.74) is 4.40. The highest BCUT2D eigenvalue weighted by atomic mass is 19.1. The maximum atomic E-state index is 13.6. The van der Waals surface area contributed by atoms with E-state index >= 15 is 0 Å². The average Bonchev–Trinajstić information content (AvgIpc) is 2.49. The van der Waals surface area contributed by atoms with E-state index in [2.05, 4.69) is 10.4 Å². The molecule has 2 aromatic rings. The summed E-state index contributed by atoms with van der Waals surface area (Å²) in [6.07, 6.45) is 2.93. The Morgan fingerprint density at radius 3 is 2.65 bits per heavy atom. The van der Waals surface area contributed by atoms with Crippen LogP contribution in [0.1, 0.15) is 11.1 Å². The number of ether oxygens (including phenoxy) is 1. The number of benzene rings is 1. The number of hydrazine groups is 1. The predicted octanol–water partition coefficient (Wildman–Crippen LogP) is 1.85. The lowest BCUT2D eigenvalue weighted by Crippen LogP contribution is -2.38. The van der Waals surface area contributed by atoms with Gasteiger partial charge in [-0.05, 0) is 30.0 Å². The van der Waals surface area contributed by atoms with Crippen LogP contribution in [0.4, 0.5) is 4.39 Å². The summed E-state index contributed by atoms with van der Waals surface area (Å²) in [6, 6.07) is 10.4. The summed E-state index contributed by atoms with van der Waals surface area (Å²) in [6.45, 7) is 0. The zero-order valence-corrected chi connectivity index (χ0v) is 11.3. The molecule has 1 atom stereocenters. The number of hydrogen-bond acceptors (Lipinski definition) is 4. The van der Waals surface area contributed by atoms with E-state index in [1.807, 2.05) is 12.1 Å². The van der Waals surface area contributed by atoms with Gasteiger partial charge in [-0.1, -0.05) is 24.3 Å². The Bertz CT molecular complexity index is 545. The number of nitrogens with zero attached hydrogens (tertiary/aromatic N) is 1. The quantitative estimate of drug-likeness (QED) is 0.624. The Morgan fingerprint density at radius 1 is 1.25 bits per heavy atom. The minimum absolute atomic E-state index is 0.0536. The standard InChI is InChI=1S/C15H18FN3O/c1-20-15-7-6-11(10-18-15)8-13(19-17)9-12-4-2-3-5-14(12)16/h2-7,10,13,19H,8-9,17H2,1H3. The molecule has 5 heteroatoms. The molecule has 1 heterocycles. The van der Waals surface area contributed by atoms with Gasteiger partial charge in [-0.2, -0.15) is 0 Å². The van der Waals surface area contributed by atoms with Crippen molar-refractivity contribution in [3.63, 3.8) is 0 Å². The lowest BCUT2D eigenvalue weighted by Gasteiger charge is -2.16. The van der Waals surface area contributed by atoms with Crippen molar-refractivity contribution in [2.75, 3.05) is 7.11 Å². The Balaban J connectivity index is 2.03. The van der Waals surface area contributed by atoms with Gasteiger partial charge in [-0.3, -0.25) is 11.3 Å². The van der Waals surface area contributed by atoms with Crippen molar-refractivity contribution < 1.29 is 9.13 Å². The number of hydrogen-bond donors (Lipinski definition) is 2. The number of nitrogens with one attached hydrogen (secondary N) is 1. The molecule has 0 saturated carbocycles. The largest absolute Gasteiger partial charge is 0.481 e. The molecular weight excluding hydrogens is 257 g/mol. The molecule has 4 nitrogen and oxygen atoms in total. The Hall–Kier alpha value is -1.98. The first-order chi connectivity index (χ1) is 9.72. The number of pyridine rings is 1. The molecule has 0 amide bonds. The van der Waals surface area contributed by atoms with Gasteiger partial charge < -0.3 is 4.74 Å². The highest BCUT2D eigenvalue weighted by Crippen LogP contribution is 2.13. The lowest BCUT2D eigenvalue weighted by atomic mass is 10.00. The summed E-state index contributed by atoms with van der Waals surface area (Å²) >= 11 is 0. The van der Waals surface area contributed by atoms with Gasteiger partial charge in [0, 0.05) is 18.3 Å². The summed E-state index contributed by atoms with van der Waals surface area (Å²) in [4.78, 5) is 4.14. The maximum absolute atomic E-state index is 13.6. The molecule has 3 N–H and O–H groups in total. The fourth-order valence-corrected chi connectivity index (χ4v) is 2.06. The number of methoxy groups -OCH3 is 1. The van der Waals surface area contributed by atoms with Crippen LogP contribution in [0.2, 0.25) is 0 Å². The molecule has 106 valence electrons. The highest BCUT2D eigenvalue weighted by Gasteiger charge is 2.12. The maximum Gasteiger partial charge on any atom is 0.212 e. The molecule has 1 aromatic carbocycles. The van der Waals surface area contributed by atoms with Crippen molar-refractivity contribution in [2.45, 2.75) is 18.9 Å². The molecule has 1 aromatic heterocycles. The van der Waals surface area contributed by atoms with Crippen LogP contribution < -0.4 is 16.0 Å². The van der Waals surface area contributed by atoms with Crippen molar-refractivity contribution in [3.05, 3.63) is 59.5 Å². The van der Waals surface area contributed by atoms with E-state index in [9.17, 15) is 4.39 Å². The van der Waals surface area contributed by atoms with Crippen molar-refractivity contribution in [1.82, 2.24) is 10.4 Å². The van der Waals surface area contributed by atoms with Crippen molar-refractivity contribution in [2.24, 2.45) is 5.84 Å². The zero-order valence-electron chi connectivity index (χ0n) is 11.3. The molecular formula is C15H18FN3O. The fourth-order valence-electron chi connectivity index (χ4n) is 2.06. The SMILES string of the molecule is COc1ccc(CC(Cc2ccccc2F)NN)cn1. The Kier molecular flexibility index (Phi) is 5.03. The number of nitrogens with two attached hydrogens (primary N) is 1. The van der Waals surface area contributed by atoms with Gasteiger partial charge in [0.05, 0.1) is 7.11 Å². The van der Waals surface area contributed by atoms with Crippen LogP contribution in [-0.2, 0) is 12.8 Å². The van der Waals surface area contributed by atoms with Gasteiger partial charge in [0.2, 0.25) is 5.88 Å². The van der Waals surface area contributed by atoms with E-state index in [1.165, 1.54) is 6.07 Å². The Labute approximate surface area is 117 Å². The van der Waals surface area contributed by atoms with Crippen LogP contribution in [0.25, 0.3) is 0 Å². The van der Waals surface area contributed by atoms with Gasteiger partial charge in [0.1, 0.15) is 5.82 Å². The van der Waals surface area contributed by atoms with Crippen LogP contribution in [0.3, 0.4) is 0 Å². The summed E-state index contributed by atoms with van der Waals surface area (Å²) in [7, 11) is 1.57. The summed E-state index contributed by atoms with van der Waals surface area (Å²) in [5, 5.41) is 0. The van der Waals surface area contributed by atoms with Crippen molar-refractivity contribution >= 4 is 0 Å². The van der Waals surface area contributed by atoms with Crippen molar-refractivity contribution in [3.8, 4) is 5.88 Å². The minimum atomic E-state index is -0.208. The second-order valence-corrected chi connectivity index (χ2v) is 4.57. The number of rotatable bonds is 6. The average molecular weight is 275 g/mol. The van der Waals surface area contributed by atoms with Gasteiger partial charge in [-0.25, -0.2) is 9.37 Å². The molecule has 0 saturated heterocycles. The van der Waals surface area contributed by atoms with Crippen molar-refractivity contribution in [1.29, 1.82) is 0 Å². The first-order valence-electron chi connectivity index (χ1n) is 6.41. The molecule has 2 rings (SSSR count). The molecule has 0 aliphatic carbocycles. The molecule has 0 spiro atoms. The first kappa shape index (κ1) is 14.4. The zero-order chi connectivity index (χ0) is 14.4. The number of halogens is 1. The lowest BCUT2D eigenvalue weighted by molar-refractivity contribution is 0.397. The normalized spacial score (nSPS) is 12.2. The second-order valence-electron chi connectivity index (χ2n) is 4.57. The predicted molar refractivity (Wildman–Crippen MR) is 75.7 cm³/mol. The third-order valence-corrected chi connectivity index (χ3v) is 3.15. The topological polar surface area (TPSA) is 60.2 Å². The van der Waals surface area contributed by atoms with E-state index in [4.69, 9.17) is 10.6 Å². The molecule has 0 aliphatic rings. The molecule has 20 heavy (non-hydrogen) atoms. The molecule has 0 bridgehead atoms. The second kappa shape index (κ2) is 6.98. The van der Waals surface area contributed by atoms with E-state index < -0.39 is 0 Å². The molecule has 0 fully saturated rings. The first-order valence-corrected chi connectivity index (χ1v) is 6.41. The Morgan fingerprint density at radius 2 is 2.05 bits per heavy atom. The fraction of sp³-hybridized carbons (Fsp3) is 0.267. The summed E-state index contributed by atoms with van der Waals surface area (Å²) < 4.78 is 18.6. The number of aromatic nitrogens is 1. The van der Waals surface area contributed by atoms with Gasteiger partial charge in [-0.15, -0.1) is 0 Å².